The number of carbonyl (C=O) groups excluding carboxylic acids is 2. The van der Waals surface area contributed by atoms with Crippen molar-refractivity contribution in [1.29, 1.82) is 0 Å². The van der Waals surface area contributed by atoms with Crippen LogP contribution in [0.2, 0.25) is 0 Å². The van der Waals surface area contributed by atoms with Gasteiger partial charge in [-0.3, -0.25) is 14.2 Å². The molecule has 0 amide bonds. The van der Waals surface area contributed by atoms with E-state index >= 15 is 0 Å². The van der Waals surface area contributed by atoms with Gasteiger partial charge < -0.3 is 27.9 Å². The van der Waals surface area contributed by atoms with E-state index in [-0.39, 0.29) is 26.1 Å². The third-order valence-corrected chi connectivity index (χ3v) is 9.83. The minimum Gasteiger partial charge on any atom is -0.756 e. The van der Waals surface area contributed by atoms with Crippen molar-refractivity contribution in [2.24, 2.45) is 0 Å². The summed E-state index contributed by atoms with van der Waals surface area (Å²) >= 11 is 0. The van der Waals surface area contributed by atoms with Crippen LogP contribution in [0.15, 0.2) is 48.6 Å². The molecule has 0 aromatic heterocycles. The van der Waals surface area contributed by atoms with Crippen molar-refractivity contribution in [3.63, 3.8) is 0 Å². The predicted molar refractivity (Wildman–Crippen MR) is 222 cm³/mol. The summed E-state index contributed by atoms with van der Waals surface area (Å²) in [5, 5.41) is 0. The molecular formula is C44H80NO8P. The van der Waals surface area contributed by atoms with Gasteiger partial charge >= 0.3 is 11.9 Å². The van der Waals surface area contributed by atoms with E-state index in [1.165, 1.54) is 77.0 Å². The maximum atomic E-state index is 12.6. The topological polar surface area (TPSA) is 111 Å². The zero-order chi connectivity index (χ0) is 40.0. The van der Waals surface area contributed by atoms with Crippen LogP contribution in [0.5, 0.6) is 0 Å². The Morgan fingerprint density at radius 2 is 1.06 bits per heavy atom. The molecule has 0 spiro atoms. The van der Waals surface area contributed by atoms with Gasteiger partial charge in [0.2, 0.25) is 0 Å². The Kier molecular flexibility index (Phi) is 35.2. The second-order valence-corrected chi connectivity index (χ2v) is 16.7. The van der Waals surface area contributed by atoms with E-state index in [1.54, 1.807) is 0 Å². The van der Waals surface area contributed by atoms with Gasteiger partial charge in [-0.1, -0.05) is 152 Å². The molecular weight excluding hydrogens is 701 g/mol. The monoisotopic (exact) mass is 782 g/mol. The van der Waals surface area contributed by atoms with Gasteiger partial charge in [0, 0.05) is 12.8 Å². The van der Waals surface area contributed by atoms with Crippen LogP contribution in [0.4, 0.5) is 0 Å². The number of carbonyl (C=O) groups is 2. The number of likely N-dealkylation sites (N-methyl/N-ethyl adjacent to an activating group) is 1. The summed E-state index contributed by atoms with van der Waals surface area (Å²) in [6, 6.07) is 0. The number of phosphoric acid groups is 1. The number of hydrogen-bond acceptors (Lipinski definition) is 8. The summed E-state index contributed by atoms with van der Waals surface area (Å²) in [5.41, 5.74) is 0. The average molecular weight is 782 g/mol. The molecule has 10 heteroatoms. The minimum absolute atomic E-state index is 0.0394. The molecule has 0 aliphatic carbocycles. The molecule has 0 radical (unpaired) electrons. The molecule has 0 aliphatic heterocycles. The van der Waals surface area contributed by atoms with Gasteiger partial charge in [-0.25, -0.2) is 0 Å². The maximum absolute atomic E-state index is 12.6. The second-order valence-electron chi connectivity index (χ2n) is 15.3. The van der Waals surface area contributed by atoms with E-state index in [9.17, 15) is 19.0 Å². The summed E-state index contributed by atoms with van der Waals surface area (Å²) in [6.07, 6.45) is 41.4. The lowest BCUT2D eigenvalue weighted by atomic mass is 10.0. The SMILES string of the molecule is CC/C=C/C/C=C/C/C=C/C/C=C/CCCCC(=O)O[C@H](COC(=O)CCCCCCCCCCCCCCCCC)COP(=O)([O-])OCC[N+](C)(C)C. The largest absolute Gasteiger partial charge is 0.756 e. The average Bonchev–Trinajstić information content (AvgIpc) is 3.12. The molecule has 0 heterocycles. The van der Waals surface area contributed by atoms with Crippen LogP contribution in [0.1, 0.15) is 168 Å². The van der Waals surface area contributed by atoms with Gasteiger partial charge in [0.15, 0.2) is 6.10 Å². The van der Waals surface area contributed by atoms with Crippen LogP contribution in [0, 0.1) is 0 Å². The third-order valence-electron chi connectivity index (χ3n) is 8.86. The number of hydrogen-bond donors (Lipinski definition) is 0. The van der Waals surface area contributed by atoms with Crippen LogP contribution in [0.25, 0.3) is 0 Å². The lowest BCUT2D eigenvalue weighted by Crippen LogP contribution is -2.37. The van der Waals surface area contributed by atoms with Crippen molar-refractivity contribution in [3.8, 4) is 0 Å². The fourth-order valence-corrected chi connectivity index (χ4v) is 6.26. The Bertz CT molecular complexity index is 1070. The summed E-state index contributed by atoms with van der Waals surface area (Å²) in [7, 11) is 1.13. The van der Waals surface area contributed by atoms with Crippen molar-refractivity contribution in [1.82, 2.24) is 0 Å². The molecule has 0 saturated heterocycles. The Hall–Kier alpha value is -2.03. The molecule has 0 bridgehead atoms. The normalized spacial score (nSPS) is 14.1. The van der Waals surface area contributed by atoms with E-state index in [2.05, 4.69) is 62.5 Å². The fourth-order valence-electron chi connectivity index (χ4n) is 5.53. The number of quaternary nitrogens is 1. The van der Waals surface area contributed by atoms with E-state index in [0.717, 1.165) is 57.8 Å². The van der Waals surface area contributed by atoms with E-state index in [4.69, 9.17) is 18.5 Å². The number of allylic oxidation sites excluding steroid dienone is 8. The number of rotatable bonds is 38. The second kappa shape index (κ2) is 36.6. The summed E-state index contributed by atoms with van der Waals surface area (Å²) < 4.78 is 33.8. The Morgan fingerprint density at radius 1 is 0.593 bits per heavy atom. The zero-order valence-electron chi connectivity index (χ0n) is 35.2. The lowest BCUT2D eigenvalue weighted by Gasteiger charge is -2.28. The molecule has 1 unspecified atom stereocenters. The molecule has 0 saturated carbocycles. The smallest absolute Gasteiger partial charge is 0.306 e. The zero-order valence-corrected chi connectivity index (χ0v) is 36.0. The van der Waals surface area contributed by atoms with Crippen LogP contribution >= 0.6 is 7.82 Å². The van der Waals surface area contributed by atoms with E-state index in [0.29, 0.717) is 17.4 Å². The summed E-state index contributed by atoms with van der Waals surface area (Å²) in [5.74, 6) is -0.882. The van der Waals surface area contributed by atoms with Gasteiger partial charge in [0.05, 0.1) is 27.7 Å². The van der Waals surface area contributed by atoms with Gasteiger partial charge in [0.1, 0.15) is 19.8 Å². The minimum atomic E-state index is -4.63. The molecule has 0 aromatic rings. The summed E-state index contributed by atoms with van der Waals surface area (Å²) in [4.78, 5) is 37.5. The summed E-state index contributed by atoms with van der Waals surface area (Å²) in [6.45, 7) is 4.06. The van der Waals surface area contributed by atoms with Gasteiger partial charge in [-0.15, -0.1) is 0 Å². The quantitative estimate of drug-likeness (QED) is 0.0200. The highest BCUT2D eigenvalue weighted by atomic mass is 31.2. The molecule has 2 atom stereocenters. The molecule has 9 nitrogen and oxygen atoms in total. The van der Waals surface area contributed by atoms with Crippen LogP contribution in [-0.4, -0.2) is 70.0 Å². The molecule has 0 N–H and O–H groups in total. The van der Waals surface area contributed by atoms with E-state index in [1.807, 2.05) is 21.1 Å². The van der Waals surface area contributed by atoms with Crippen LogP contribution in [0.3, 0.4) is 0 Å². The molecule has 54 heavy (non-hydrogen) atoms. The number of esters is 2. The standard InChI is InChI=1S/C44H80NO8P/c1-6-8-10-12-14-16-18-20-22-24-26-28-30-32-34-36-43(46)50-40-42(41-52-54(48,49)51-39-38-45(3,4)5)53-44(47)37-35-33-31-29-27-25-23-21-19-17-15-13-11-9-7-2/h9,11,15,17,21,23,27,29,42H,6-8,10,12-14,16,18-20,22,24-26,28,30-41H2,1-5H3/b11-9+,17-15+,23-21+,29-27+/t42-/m1/s1. The van der Waals surface area contributed by atoms with Crippen molar-refractivity contribution >= 4 is 19.8 Å². The Balaban J connectivity index is 4.44. The molecule has 0 rings (SSSR count). The molecule has 0 fully saturated rings. The molecule has 0 aromatic carbocycles. The van der Waals surface area contributed by atoms with Crippen molar-refractivity contribution in [2.75, 3.05) is 47.5 Å². The highest BCUT2D eigenvalue weighted by Gasteiger charge is 2.21. The van der Waals surface area contributed by atoms with Crippen molar-refractivity contribution in [2.45, 2.75) is 174 Å². The van der Waals surface area contributed by atoms with Crippen LogP contribution < -0.4 is 4.89 Å². The Morgan fingerprint density at radius 3 is 1.57 bits per heavy atom. The number of ether oxygens (including phenoxy) is 2. The molecule has 314 valence electrons. The van der Waals surface area contributed by atoms with E-state index < -0.39 is 32.5 Å². The number of unbranched alkanes of at least 4 members (excludes halogenated alkanes) is 16. The van der Waals surface area contributed by atoms with Gasteiger partial charge in [0.25, 0.3) is 7.82 Å². The first-order valence-corrected chi connectivity index (χ1v) is 22.8. The first-order chi connectivity index (χ1) is 26.0. The Labute approximate surface area is 331 Å². The highest BCUT2D eigenvalue weighted by Crippen LogP contribution is 2.38. The first-order valence-electron chi connectivity index (χ1n) is 21.3. The van der Waals surface area contributed by atoms with Gasteiger partial charge in [-0.2, -0.15) is 0 Å². The van der Waals surface area contributed by atoms with Crippen molar-refractivity contribution < 1.29 is 42.1 Å². The fraction of sp³-hybridized carbons (Fsp3) is 0.773. The van der Waals surface area contributed by atoms with Crippen molar-refractivity contribution in [3.05, 3.63) is 48.6 Å². The maximum Gasteiger partial charge on any atom is 0.306 e. The number of nitrogens with zero attached hydrogens (tertiary/aromatic N) is 1. The van der Waals surface area contributed by atoms with Crippen LogP contribution in [-0.2, 0) is 32.7 Å². The number of phosphoric ester groups is 1. The van der Waals surface area contributed by atoms with Gasteiger partial charge in [-0.05, 0) is 51.4 Å². The third kappa shape index (κ3) is 39.7. The predicted octanol–water partition coefficient (Wildman–Crippen LogP) is 11.3. The highest BCUT2D eigenvalue weighted by molar-refractivity contribution is 7.45. The molecule has 0 aliphatic rings. The first kappa shape index (κ1) is 52.0. The lowest BCUT2D eigenvalue weighted by molar-refractivity contribution is -0.870.